The van der Waals surface area contributed by atoms with Crippen molar-refractivity contribution in [3.05, 3.63) is 66.1 Å². The molecule has 21 heavy (non-hydrogen) atoms. The molecule has 3 aromatic rings. The molecule has 1 atom stereocenters. The van der Waals surface area contributed by atoms with Gasteiger partial charge in [0.2, 0.25) is 0 Å². The van der Waals surface area contributed by atoms with Crippen LogP contribution < -0.4 is 5.73 Å². The Morgan fingerprint density at radius 2 is 2.10 bits per heavy atom. The number of nitrogens with two attached hydrogens (primary N) is 1. The predicted molar refractivity (Wildman–Crippen MR) is 87.2 cm³/mol. The highest BCUT2D eigenvalue weighted by molar-refractivity contribution is 5.81. The molecular weight excluding hydrogens is 258 g/mol. The van der Waals surface area contributed by atoms with E-state index >= 15 is 0 Å². The first-order valence-electron chi connectivity index (χ1n) is 7.49. The van der Waals surface area contributed by atoms with E-state index in [-0.39, 0.29) is 6.04 Å². The molecule has 108 valence electrons. The predicted octanol–water partition coefficient (Wildman–Crippen LogP) is 3.36. The topological polar surface area (TPSA) is 43.8 Å². The van der Waals surface area contributed by atoms with Gasteiger partial charge in [-0.2, -0.15) is 0 Å². The Kier molecular flexibility index (Phi) is 4.02. The van der Waals surface area contributed by atoms with Crippen molar-refractivity contribution in [2.24, 2.45) is 5.73 Å². The van der Waals surface area contributed by atoms with E-state index in [1.165, 1.54) is 16.5 Å². The summed E-state index contributed by atoms with van der Waals surface area (Å²) >= 11 is 0. The van der Waals surface area contributed by atoms with Gasteiger partial charge in [-0.05, 0) is 54.1 Å². The first kappa shape index (κ1) is 13.8. The molecule has 0 radical (unpaired) electrons. The lowest BCUT2D eigenvalue weighted by Gasteiger charge is -2.09. The van der Waals surface area contributed by atoms with Crippen LogP contribution in [0.1, 0.15) is 24.6 Å². The van der Waals surface area contributed by atoms with Crippen LogP contribution in [-0.4, -0.2) is 15.6 Å². The van der Waals surface area contributed by atoms with Crippen LogP contribution in [0.25, 0.3) is 10.9 Å². The number of hydrogen-bond donors (Lipinski definition) is 1. The Labute approximate surface area is 125 Å². The lowest BCUT2D eigenvalue weighted by molar-refractivity contribution is 0.647. The minimum absolute atomic E-state index is 0.248. The maximum absolute atomic E-state index is 6.04. The Balaban J connectivity index is 1.86. The highest BCUT2D eigenvalue weighted by Crippen LogP contribution is 2.19. The SMILES string of the molecule is CCC(N)Cc1ccc2c(ccn2Cc2ccccn2)c1. The molecule has 0 saturated heterocycles. The number of aromatic nitrogens is 2. The third-order valence-corrected chi connectivity index (χ3v) is 3.92. The molecule has 0 saturated carbocycles. The summed E-state index contributed by atoms with van der Waals surface area (Å²) in [4.78, 5) is 4.39. The van der Waals surface area contributed by atoms with Crippen molar-refractivity contribution in [2.45, 2.75) is 32.4 Å². The van der Waals surface area contributed by atoms with E-state index in [1.807, 2.05) is 18.3 Å². The number of nitrogens with zero attached hydrogens (tertiary/aromatic N) is 2. The van der Waals surface area contributed by atoms with Gasteiger partial charge in [0.25, 0.3) is 0 Å². The van der Waals surface area contributed by atoms with Gasteiger partial charge in [-0.3, -0.25) is 4.98 Å². The zero-order chi connectivity index (χ0) is 14.7. The highest BCUT2D eigenvalue weighted by atomic mass is 15.0. The number of pyridine rings is 1. The molecule has 3 nitrogen and oxygen atoms in total. The van der Waals surface area contributed by atoms with Gasteiger partial charge in [-0.25, -0.2) is 0 Å². The summed E-state index contributed by atoms with van der Waals surface area (Å²) in [5, 5.41) is 1.27. The molecule has 0 amide bonds. The van der Waals surface area contributed by atoms with Crippen LogP contribution >= 0.6 is 0 Å². The molecule has 0 bridgehead atoms. The molecule has 0 aliphatic heterocycles. The fourth-order valence-corrected chi connectivity index (χ4v) is 2.63. The highest BCUT2D eigenvalue weighted by Gasteiger charge is 2.06. The van der Waals surface area contributed by atoms with Crippen LogP contribution in [0.5, 0.6) is 0 Å². The smallest absolute Gasteiger partial charge is 0.0648 e. The average molecular weight is 279 g/mol. The zero-order valence-electron chi connectivity index (χ0n) is 12.4. The fraction of sp³-hybridized carbons (Fsp3) is 0.278. The van der Waals surface area contributed by atoms with Crippen molar-refractivity contribution < 1.29 is 0 Å². The van der Waals surface area contributed by atoms with Crippen LogP contribution in [0.4, 0.5) is 0 Å². The summed E-state index contributed by atoms with van der Waals surface area (Å²) < 4.78 is 2.24. The van der Waals surface area contributed by atoms with Gasteiger partial charge >= 0.3 is 0 Å². The number of benzene rings is 1. The first-order valence-corrected chi connectivity index (χ1v) is 7.49. The van der Waals surface area contributed by atoms with Gasteiger partial charge in [0.05, 0.1) is 12.2 Å². The summed E-state index contributed by atoms with van der Waals surface area (Å²) in [7, 11) is 0. The molecule has 0 spiro atoms. The molecule has 0 aliphatic carbocycles. The third kappa shape index (κ3) is 3.14. The molecule has 0 aliphatic rings. The van der Waals surface area contributed by atoms with Gasteiger partial charge < -0.3 is 10.3 Å². The quantitative estimate of drug-likeness (QED) is 0.778. The van der Waals surface area contributed by atoms with E-state index in [0.717, 1.165) is 25.1 Å². The second kappa shape index (κ2) is 6.10. The largest absolute Gasteiger partial charge is 0.341 e. The molecular formula is C18H21N3. The molecule has 2 N–H and O–H groups in total. The van der Waals surface area contributed by atoms with Gasteiger partial charge in [0.15, 0.2) is 0 Å². The summed E-state index contributed by atoms with van der Waals surface area (Å²) in [6.07, 6.45) is 5.92. The Hall–Kier alpha value is -2.13. The minimum atomic E-state index is 0.248. The van der Waals surface area contributed by atoms with Gasteiger partial charge in [0, 0.05) is 24.0 Å². The molecule has 1 aromatic carbocycles. The second-order valence-corrected chi connectivity index (χ2v) is 5.53. The van der Waals surface area contributed by atoms with Gasteiger partial charge in [-0.1, -0.05) is 19.1 Å². The molecule has 1 unspecified atom stereocenters. The number of rotatable bonds is 5. The van der Waals surface area contributed by atoms with Crippen molar-refractivity contribution in [1.82, 2.24) is 9.55 Å². The summed E-state index contributed by atoms with van der Waals surface area (Å²) in [5.41, 5.74) is 9.68. The van der Waals surface area contributed by atoms with Crippen molar-refractivity contribution in [2.75, 3.05) is 0 Å². The maximum Gasteiger partial charge on any atom is 0.0648 e. The van der Waals surface area contributed by atoms with Crippen LogP contribution in [0.3, 0.4) is 0 Å². The molecule has 2 heterocycles. The molecule has 3 heteroatoms. The van der Waals surface area contributed by atoms with Crippen LogP contribution in [-0.2, 0) is 13.0 Å². The van der Waals surface area contributed by atoms with E-state index in [9.17, 15) is 0 Å². The van der Waals surface area contributed by atoms with E-state index in [0.29, 0.717) is 0 Å². The summed E-state index contributed by atoms with van der Waals surface area (Å²) in [6, 6.07) is 15.1. The van der Waals surface area contributed by atoms with Gasteiger partial charge in [-0.15, -0.1) is 0 Å². The second-order valence-electron chi connectivity index (χ2n) is 5.53. The average Bonchev–Trinajstić information content (AvgIpc) is 2.90. The normalized spacial score (nSPS) is 12.7. The lowest BCUT2D eigenvalue weighted by atomic mass is 10.0. The number of fused-ring (bicyclic) bond motifs is 1. The summed E-state index contributed by atoms with van der Waals surface area (Å²) in [5.74, 6) is 0. The zero-order valence-corrected chi connectivity index (χ0v) is 12.4. The van der Waals surface area contributed by atoms with Crippen molar-refractivity contribution in [1.29, 1.82) is 0 Å². The van der Waals surface area contributed by atoms with Crippen molar-refractivity contribution in [3.63, 3.8) is 0 Å². The Morgan fingerprint density at radius 1 is 1.19 bits per heavy atom. The van der Waals surface area contributed by atoms with E-state index in [2.05, 4.69) is 53.0 Å². The Morgan fingerprint density at radius 3 is 2.86 bits per heavy atom. The summed E-state index contributed by atoms with van der Waals surface area (Å²) in [6.45, 7) is 2.94. The molecule has 0 fully saturated rings. The minimum Gasteiger partial charge on any atom is -0.341 e. The maximum atomic E-state index is 6.04. The van der Waals surface area contributed by atoms with Gasteiger partial charge in [0.1, 0.15) is 0 Å². The van der Waals surface area contributed by atoms with E-state index < -0.39 is 0 Å². The van der Waals surface area contributed by atoms with Crippen LogP contribution in [0.15, 0.2) is 54.9 Å². The van der Waals surface area contributed by atoms with E-state index in [4.69, 9.17) is 5.73 Å². The van der Waals surface area contributed by atoms with Crippen molar-refractivity contribution in [3.8, 4) is 0 Å². The standard InChI is InChI=1S/C18H21N3/c1-2-16(19)12-14-6-7-18-15(11-14)8-10-21(18)13-17-5-3-4-9-20-17/h3-11,16H,2,12-13,19H2,1H3. The van der Waals surface area contributed by atoms with Crippen LogP contribution in [0.2, 0.25) is 0 Å². The monoisotopic (exact) mass is 279 g/mol. The van der Waals surface area contributed by atoms with Crippen LogP contribution in [0, 0.1) is 0 Å². The molecule has 2 aromatic heterocycles. The van der Waals surface area contributed by atoms with E-state index in [1.54, 1.807) is 0 Å². The first-order chi connectivity index (χ1) is 10.3. The molecule has 3 rings (SSSR count). The third-order valence-electron chi connectivity index (χ3n) is 3.92. The number of hydrogen-bond acceptors (Lipinski definition) is 2. The fourth-order valence-electron chi connectivity index (χ4n) is 2.63. The lowest BCUT2D eigenvalue weighted by Crippen LogP contribution is -2.21. The van der Waals surface area contributed by atoms with Crippen molar-refractivity contribution >= 4 is 10.9 Å². The Bertz CT molecular complexity index is 716.